The van der Waals surface area contributed by atoms with Gasteiger partial charge < -0.3 is 14.7 Å². The molecule has 1 amide bonds. The van der Waals surface area contributed by atoms with Crippen LogP contribution in [0, 0.1) is 17.8 Å². The molecule has 2 aromatic rings. The molecule has 210 valence electrons. The number of fused-ring (bicyclic) bond motifs is 2. The maximum absolute atomic E-state index is 13.1. The molecule has 0 spiro atoms. The highest BCUT2D eigenvalue weighted by Crippen LogP contribution is 2.42. The second-order valence-corrected chi connectivity index (χ2v) is 13.1. The molecule has 3 aliphatic rings. The molecular weight excluding hydrogens is 532 g/mol. The van der Waals surface area contributed by atoms with Crippen molar-refractivity contribution in [3.05, 3.63) is 70.3 Å². The summed E-state index contributed by atoms with van der Waals surface area (Å²) in [7, 11) is -1.49. The molecular formula is C31H39ClN2O4S. The van der Waals surface area contributed by atoms with Crippen LogP contribution in [0.1, 0.15) is 66.9 Å². The van der Waals surface area contributed by atoms with Gasteiger partial charge in [0.25, 0.3) is 5.91 Å². The second kappa shape index (κ2) is 12.4. The normalized spacial score (nSPS) is 30.3. The van der Waals surface area contributed by atoms with Gasteiger partial charge in [-0.15, -0.1) is 0 Å². The molecule has 2 aliphatic heterocycles. The highest BCUT2D eigenvalue weighted by atomic mass is 35.5. The number of aliphatic hydroxyl groups is 1. The van der Waals surface area contributed by atoms with Gasteiger partial charge in [-0.05, 0) is 84.9 Å². The minimum atomic E-state index is -1.49. The van der Waals surface area contributed by atoms with E-state index in [9.17, 15) is 14.1 Å². The van der Waals surface area contributed by atoms with Gasteiger partial charge in [0.05, 0.1) is 18.4 Å². The van der Waals surface area contributed by atoms with Gasteiger partial charge in [0.15, 0.2) is 0 Å². The standard InChI is InChI=1S/C31H39ClN2O4S/c1-3-5-21-14-25(32)10-12-26(21)24-17-34-16-23-8-11-27(23)29(35)7-4-6-20(2)19-39(37)33-31(36)22-9-13-30(38-18-24)28(34)15-22/h4,7,9-10,12-15,20,23-24,27,29,35H,3,5-6,8,11,16-19H2,1-2H3,(H,33,36)/b7-4+/t20-,23?,24?,27?,29?,39?/m1/s1. The molecule has 2 N–H and O–H groups in total. The number of hydrogen-bond acceptors (Lipinski definition) is 5. The number of nitrogens with zero attached hydrogens (tertiary/aromatic N) is 1. The number of carbonyl (C=O) groups is 1. The van der Waals surface area contributed by atoms with E-state index in [1.54, 1.807) is 6.07 Å². The number of amides is 1. The lowest BCUT2D eigenvalue weighted by Crippen LogP contribution is -2.44. The fraction of sp³-hybridized carbons (Fsp3) is 0.516. The maximum atomic E-state index is 13.1. The number of benzene rings is 2. The van der Waals surface area contributed by atoms with Gasteiger partial charge in [0.1, 0.15) is 16.7 Å². The van der Waals surface area contributed by atoms with Crippen LogP contribution < -0.4 is 14.4 Å². The summed E-state index contributed by atoms with van der Waals surface area (Å²) in [5, 5.41) is 11.7. The smallest absolute Gasteiger partial charge is 0.263 e. The van der Waals surface area contributed by atoms with Crippen LogP contribution in [-0.4, -0.2) is 46.8 Å². The number of rotatable bonds is 3. The number of aliphatic hydroxyl groups excluding tert-OH is 1. The first-order chi connectivity index (χ1) is 18.8. The zero-order valence-corrected chi connectivity index (χ0v) is 24.3. The molecule has 8 heteroatoms. The predicted octanol–water partition coefficient (Wildman–Crippen LogP) is 5.65. The number of hydrogen-bond donors (Lipinski definition) is 2. The lowest BCUT2D eigenvalue weighted by molar-refractivity contribution is 0.0461. The predicted molar refractivity (Wildman–Crippen MR) is 158 cm³/mol. The first-order valence-corrected chi connectivity index (χ1v) is 15.9. The zero-order chi connectivity index (χ0) is 27.5. The van der Waals surface area contributed by atoms with Crippen LogP contribution >= 0.6 is 11.6 Å². The van der Waals surface area contributed by atoms with Gasteiger partial charge in [-0.1, -0.05) is 50.1 Å². The van der Waals surface area contributed by atoms with Gasteiger partial charge in [-0.2, -0.15) is 0 Å². The molecule has 0 saturated heterocycles. The van der Waals surface area contributed by atoms with Crippen molar-refractivity contribution in [1.82, 2.24) is 4.72 Å². The minimum absolute atomic E-state index is 0.122. The third kappa shape index (κ3) is 6.53. The SMILES string of the molecule is CCCc1cc(Cl)ccc1C1COc2ccc3cc2N(C1)CC1CCC1C(O)/C=C/C[C@@H](C)CS(=O)NC3=O. The Labute approximate surface area is 239 Å². The summed E-state index contributed by atoms with van der Waals surface area (Å²) in [5.41, 5.74) is 3.84. The van der Waals surface area contributed by atoms with Crippen LogP contribution in [0.15, 0.2) is 48.6 Å². The molecule has 1 saturated carbocycles. The summed E-state index contributed by atoms with van der Waals surface area (Å²) in [6.45, 7) is 6.21. The minimum Gasteiger partial charge on any atom is -0.491 e. The molecule has 0 aromatic heterocycles. The van der Waals surface area contributed by atoms with Gasteiger partial charge in [-0.25, -0.2) is 4.21 Å². The molecule has 2 bridgehead atoms. The second-order valence-electron chi connectivity index (χ2n) is 11.4. The van der Waals surface area contributed by atoms with E-state index in [1.165, 1.54) is 11.1 Å². The molecule has 39 heavy (non-hydrogen) atoms. The van der Waals surface area contributed by atoms with E-state index in [2.05, 4.69) is 28.7 Å². The quantitative estimate of drug-likeness (QED) is 0.466. The number of anilines is 1. The van der Waals surface area contributed by atoms with Crippen LogP contribution in [0.4, 0.5) is 5.69 Å². The summed E-state index contributed by atoms with van der Waals surface area (Å²) in [6.07, 6.45) is 8.16. The molecule has 6 atom stereocenters. The van der Waals surface area contributed by atoms with Crippen molar-refractivity contribution in [3.8, 4) is 5.75 Å². The highest BCUT2D eigenvalue weighted by molar-refractivity contribution is 7.83. The third-order valence-electron chi connectivity index (χ3n) is 8.39. The molecule has 5 rings (SSSR count). The number of carbonyl (C=O) groups excluding carboxylic acids is 1. The summed E-state index contributed by atoms with van der Waals surface area (Å²) >= 11 is 6.37. The average molecular weight is 571 g/mol. The first-order valence-electron chi connectivity index (χ1n) is 14.2. The van der Waals surface area contributed by atoms with Crippen molar-refractivity contribution in [2.45, 2.75) is 58.0 Å². The van der Waals surface area contributed by atoms with Crippen molar-refractivity contribution >= 4 is 34.2 Å². The Kier molecular flexibility index (Phi) is 8.99. The molecule has 2 aromatic carbocycles. The van der Waals surface area contributed by atoms with E-state index >= 15 is 0 Å². The maximum Gasteiger partial charge on any atom is 0.263 e. The van der Waals surface area contributed by atoms with Crippen LogP contribution in [0.2, 0.25) is 5.02 Å². The van der Waals surface area contributed by atoms with Crippen molar-refractivity contribution < 1.29 is 18.8 Å². The summed E-state index contributed by atoms with van der Waals surface area (Å²) in [5.74, 6) is 1.55. The Hall–Kier alpha value is -2.35. The van der Waals surface area contributed by atoms with Crippen LogP contribution in [0.25, 0.3) is 0 Å². The summed E-state index contributed by atoms with van der Waals surface area (Å²) < 4.78 is 21.7. The fourth-order valence-electron chi connectivity index (χ4n) is 6.13. The van der Waals surface area contributed by atoms with Crippen molar-refractivity contribution in [3.63, 3.8) is 0 Å². The van der Waals surface area contributed by atoms with Crippen LogP contribution in [-0.2, 0) is 17.4 Å². The Morgan fingerprint density at radius 2 is 2.03 bits per heavy atom. The molecule has 6 nitrogen and oxygen atoms in total. The van der Waals surface area contributed by atoms with E-state index in [0.717, 1.165) is 55.2 Å². The topological polar surface area (TPSA) is 78.9 Å². The van der Waals surface area contributed by atoms with E-state index in [-0.39, 0.29) is 23.7 Å². The molecule has 1 fully saturated rings. The largest absolute Gasteiger partial charge is 0.491 e. The van der Waals surface area contributed by atoms with Gasteiger partial charge >= 0.3 is 0 Å². The lowest BCUT2D eigenvalue weighted by Gasteiger charge is -2.42. The highest BCUT2D eigenvalue weighted by Gasteiger charge is 2.38. The zero-order valence-electron chi connectivity index (χ0n) is 22.8. The van der Waals surface area contributed by atoms with Gasteiger partial charge in [0.2, 0.25) is 0 Å². The number of aryl methyl sites for hydroxylation is 1. The van der Waals surface area contributed by atoms with Crippen LogP contribution in [0.3, 0.4) is 0 Å². The monoisotopic (exact) mass is 570 g/mol. The van der Waals surface area contributed by atoms with E-state index < -0.39 is 17.1 Å². The number of ether oxygens (including phenoxy) is 1. The van der Waals surface area contributed by atoms with E-state index in [4.69, 9.17) is 16.3 Å². The number of allylic oxidation sites excluding steroid dienone is 1. The van der Waals surface area contributed by atoms with Crippen molar-refractivity contribution in [2.75, 3.05) is 30.3 Å². The molecule has 1 aliphatic carbocycles. The van der Waals surface area contributed by atoms with Crippen molar-refractivity contribution in [2.24, 2.45) is 17.8 Å². The van der Waals surface area contributed by atoms with Crippen molar-refractivity contribution in [1.29, 1.82) is 0 Å². The van der Waals surface area contributed by atoms with E-state index in [0.29, 0.717) is 30.3 Å². The summed E-state index contributed by atoms with van der Waals surface area (Å²) in [4.78, 5) is 15.4. The average Bonchev–Trinajstić information content (AvgIpc) is 3.05. The molecule has 0 radical (unpaired) electrons. The Balaban J connectivity index is 1.51. The number of nitrogens with one attached hydrogen (secondary N) is 1. The molecule has 5 unspecified atom stereocenters. The van der Waals surface area contributed by atoms with Crippen LogP contribution in [0.5, 0.6) is 5.75 Å². The lowest BCUT2D eigenvalue weighted by atomic mass is 9.70. The Morgan fingerprint density at radius 3 is 2.79 bits per heavy atom. The van der Waals surface area contributed by atoms with Gasteiger partial charge in [-0.3, -0.25) is 9.52 Å². The Bertz CT molecular complexity index is 1250. The summed E-state index contributed by atoms with van der Waals surface area (Å²) in [6, 6.07) is 11.6. The fourth-order valence-corrected chi connectivity index (χ4v) is 7.39. The molecule has 2 heterocycles. The van der Waals surface area contributed by atoms with Gasteiger partial charge in [0, 0.05) is 35.3 Å². The Morgan fingerprint density at radius 1 is 1.18 bits per heavy atom. The number of halogens is 1. The first kappa shape index (κ1) is 28.2. The van der Waals surface area contributed by atoms with E-state index in [1.807, 2.05) is 37.3 Å². The third-order valence-corrected chi connectivity index (χ3v) is 9.91.